The molecule has 0 aliphatic carbocycles. The molecule has 9 nitrogen and oxygen atoms in total. The molecule has 0 saturated carbocycles. The molecule has 182 valence electrons. The van der Waals surface area contributed by atoms with Gasteiger partial charge in [-0.2, -0.15) is 0 Å². The van der Waals surface area contributed by atoms with Gasteiger partial charge in [0.1, 0.15) is 5.76 Å². The Balaban J connectivity index is 1.30. The number of aromatic nitrogens is 4. The summed E-state index contributed by atoms with van der Waals surface area (Å²) in [7, 11) is 0. The summed E-state index contributed by atoms with van der Waals surface area (Å²) in [6, 6.07) is 12.5. The number of anilines is 3. The van der Waals surface area contributed by atoms with Crippen molar-refractivity contribution >= 4 is 23.5 Å². The zero-order chi connectivity index (χ0) is 25.4. The van der Waals surface area contributed by atoms with Gasteiger partial charge < -0.3 is 15.2 Å². The molecule has 9 heteroatoms. The Bertz CT molecular complexity index is 1370. The van der Waals surface area contributed by atoms with Crippen LogP contribution in [0.3, 0.4) is 0 Å². The van der Waals surface area contributed by atoms with Gasteiger partial charge in [-0.25, -0.2) is 14.8 Å². The van der Waals surface area contributed by atoms with Crippen molar-refractivity contribution in [3.63, 3.8) is 0 Å². The maximum absolute atomic E-state index is 12.4. The smallest absolute Gasteiger partial charge is 0.324 e. The van der Waals surface area contributed by atoms with Crippen molar-refractivity contribution in [2.24, 2.45) is 0 Å². The van der Waals surface area contributed by atoms with Gasteiger partial charge in [0.15, 0.2) is 5.82 Å². The second-order valence-electron chi connectivity index (χ2n) is 9.06. The summed E-state index contributed by atoms with van der Waals surface area (Å²) in [6.45, 7) is 6.74. The first-order valence-electron chi connectivity index (χ1n) is 11.5. The number of hydrogen-bond donors (Lipinski definition) is 3. The van der Waals surface area contributed by atoms with Gasteiger partial charge >= 0.3 is 6.03 Å². The molecule has 3 aromatic heterocycles. The minimum Gasteiger partial charge on any atom is -0.359 e. The molecule has 0 aliphatic rings. The Kier molecular flexibility index (Phi) is 7.56. The Morgan fingerprint density at radius 3 is 2.44 bits per heavy atom. The molecule has 0 saturated heterocycles. The molecule has 1 aromatic carbocycles. The van der Waals surface area contributed by atoms with Crippen LogP contribution >= 0.6 is 0 Å². The van der Waals surface area contributed by atoms with Crippen molar-refractivity contribution in [3.8, 4) is 11.8 Å². The highest BCUT2D eigenvalue weighted by molar-refractivity contribution is 5.99. The number of amides is 2. The van der Waals surface area contributed by atoms with E-state index in [9.17, 15) is 4.79 Å². The van der Waals surface area contributed by atoms with E-state index >= 15 is 0 Å². The van der Waals surface area contributed by atoms with Crippen LogP contribution in [0.5, 0.6) is 0 Å². The first-order chi connectivity index (χ1) is 17.3. The van der Waals surface area contributed by atoms with Gasteiger partial charge in [-0.15, -0.1) is 0 Å². The lowest BCUT2D eigenvalue weighted by atomic mass is 9.93. The molecule has 3 N–H and O–H groups in total. The lowest BCUT2D eigenvalue weighted by Crippen LogP contribution is -2.19. The van der Waals surface area contributed by atoms with Crippen LogP contribution in [0, 0.1) is 11.8 Å². The Morgan fingerprint density at radius 2 is 1.72 bits per heavy atom. The fraction of sp³-hybridized carbons (Fsp3) is 0.222. The second-order valence-corrected chi connectivity index (χ2v) is 9.06. The number of nitrogens with zero attached hydrogens (tertiary/aromatic N) is 4. The summed E-state index contributed by atoms with van der Waals surface area (Å²) >= 11 is 0. The minimum absolute atomic E-state index is 0.196. The lowest BCUT2D eigenvalue weighted by Gasteiger charge is -2.12. The van der Waals surface area contributed by atoms with Crippen LogP contribution in [-0.4, -0.2) is 32.7 Å². The number of benzene rings is 1. The molecule has 4 rings (SSSR count). The van der Waals surface area contributed by atoms with E-state index in [1.165, 1.54) is 5.56 Å². The van der Waals surface area contributed by atoms with Crippen molar-refractivity contribution in [3.05, 3.63) is 89.7 Å². The van der Waals surface area contributed by atoms with E-state index in [-0.39, 0.29) is 5.41 Å². The first kappa shape index (κ1) is 24.4. The van der Waals surface area contributed by atoms with Gasteiger partial charge in [0, 0.05) is 54.1 Å². The van der Waals surface area contributed by atoms with Gasteiger partial charge in [0.2, 0.25) is 5.95 Å². The van der Waals surface area contributed by atoms with Crippen molar-refractivity contribution in [1.29, 1.82) is 0 Å². The van der Waals surface area contributed by atoms with Crippen molar-refractivity contribution < 1.29 is 9.32 Å². The molecule has 0 bridgehead atoms. The highest BCUT2D eigenvalue weighted by atomic mass is 16.5. The third-order valence-electron chi connectivity index (χ3n) is 5.06. The molecule has 0 aliphatic heterocycles. The average molecular weight is 482 g/mol. The van der Waals surface area contributed by atoms with E-state index in [4.69, 9.17) is 4.52 Å². The average Bonchev–Trinajstić information content (AvgIpc) is 3.33. The predicted octanol–water partition coefficient (Wildman–Crippen LogP) is 4.86. The van der Waals surface area contributed by atoms with Crippen molar-refractivity contribution in [1.82, 2.24) is 20.1 Å². The second kappa shape index (κ2) is 11.1. The van der Waals surface area contributed by atoms with Gasteiger partial charge in [0.25, 0.3) is 0 Å². The topological polar surface area (TPSA) is 118 Å². The number of pyridine rings is 1. The predicted molar refractivity (Wildman–Crippen MR) is 139 cm³/mol. The molecule has 0 spiro atoms. The number of urea groups is 1. The van der Waals surface area contributed by atoms with E-state index < -0.39 is 6.03 Å². The Hall–Kier alpha value is -4.71. The SMILES string of the molecule is CC(C)(C)c1cc(NC(=O)Nc2cccc(C#Cc3cnc(NCCc4ccncc4)nc3)c2)no1. The quantitative estimate of drug-likeness (QED) is 0.337. The fourth-order valence-electron chi connectivity index (χ4n) is 3.14. The summed E-state index contributed by atoms with van der Waals surface area (Å²) in [5, 5.41) is 12.5. The highest BCUT2D eigenvalue weighted by Crippen LogP contribution is 2.24. The molecule has 2 amide bonds. The Morgan fingerprint density at radius 1 is 0.972 bits per heavy atom. The zero-order valence-electron chi connectivity index (χ0n) is 20.4. The van der Waals surface area contributed by atoms with Crippen LogP contribution in [0.1, 0.15) is 43.2 Å². The van der Waals surface area contributed by atoms with Crippen LogP contribution < -0.4 is 16.0 Å². The number of nitrogens with one attached hydrogen (secondary N) is 3. The van der Waals surface area contributed by atoms with E-state index in [2.05, 4.69) is 47.9 Å². The standard InChI is InChI=1S/C27H27N7O2/c1-27(2,3)23-16-24(34-36-23)33-26(35)32-22-6-4-5-20(15-22)7-8-21-17-30-25(31-18-21)29-14-11-19-9-12-28-13-10-19/h4-6,9-10,12-13,15-18H,11,14H2,1-3H3,(H,29,30,31)(H2,32,33,34,35). The molecule has 0 unspecified atom stereocenters. The maximum atomic E-state index is 12.4. The maximum Gasteiger partial charge on any atom is 0.324 e. The fourth-order valence-corrected chi connectivity index (χ4v) is 3.14. The molecular formula is C27H27N7O2. The third kappa shape index (κ3) is 7.14. The Labute approximate surface area is 209 Å². The van der Waals surface area contributed by atoms with Gasteiger partial charge in [-0.05, 0) is 42.3 Å². The van der Waals surface area contributed by atoms with E-state index in [0.29, 0.717) is 28.8 Å². The van der Waals surface area contributed by atoms with Crippen molar-refractivity contribution in [2.75, 3.05) is 22.5 Å². The summed E-state index contributed by atoms with van der Waals surface area (Å²) in [4.78, 5) is 25.0. The summed E-state index contributed by atoms with van der Waals surface area (Å²) in [5.74, 6) is 7.71. The molecular weight excluding hydrogens is 454 g/mol. The van der Waals surface area contributed by atoms with Gasteiger partial charge in [-0.1, -0.05) is 43.8 Å². The van der Waals surface area contributed by atoms with Crippen LogP contribution in [0.4, 0.5) is 22.2 Å². The van der Waals surface area contributed by atoms with Gasteiger partial charge in [0.05, 0.1) is 5.56 Å². The monoisotopic (exact) mass is 481 g/mol. The number of rotatable bonds is 6. The molecule has 0 atom stereocenters. The minimum atomic E-state index is -0.422. The summed E-state index contributed by atoms with van der Waals surface area (Å²) in [5.41, 5.74) is 3.03. The zero-order valence-corrected chi connectivity index (χ0v) is 20.4. The lowest BCUT2D eigenvalue weighted by molar-refractivity contribution is 0.262. The summed E-state index contributed by atoms with van der Waals surface area (Å²) < 4.78 is 5.29. The molecule has 0 radical (unpaired) electrons. The van der Waals surface area contributed by atoms with Crippen LogP contribution in [-0.2, 0) is 11.8 Å². The molecule has 4 aromatic rings. The van der Waals surface area contributed by atoms with E-state index in [1.807, 2.05) is 45.0 Å². The first-order valence-corrected chi connectivity index (χ1v) is 11.5. The highest BCUT2D eigenvalue weighted by Gasteiger charge is 2.20. The number of hydrogen-bond acceptors (Lipinski definition) is 7. The molecule has 36 heavy (non-hydrogen) atoms. The van der Waals surface area contributed by atoms with Crippen molar-refractivity contribution in [2.45, 2.75) is 32.6 Å². The largest absolute Gasteiger partial charge is 0.359 e. The van der Waals surface area contributed by atoms with E-state index in [1.54, 1.807) is 43.0 Å². The number of carbonyl (C=O) groups is 1. The van der Waals surface area contributed by atoms with E-state index in [0.717, 1.165) is 18.5 Å². The van der Waals surface area contributed by atoms with Crippen LogP contribution in [0.15, 0.2) is 71.8 Å². The number of carbonyl (C=O) groups excluding carboxylic acids is 1. The van der Waals surface area contributed by atoms with Crippen LogP contribution in [0.25, 0.3) is 0 Å². The summed E-state index contributed by atoms with van der Waals surface area (Å²) in [6.07, 6.45) is 7.76. The van der Waals surface area contributed by atoms with Crippen LogP contribution in [0.2, 0.25) is 0 Å². The van der Waals surface area contributed by atoms with Gasteiger partial charge in [-0.3, -0.25) is 10.3 Å². The molecule has 3 heterocycles. The molecule has 0 fully saturated rings. The third-order valence-corrected chi connectivity index (χ3v) is 5.06. The normalized spacial score (nSPS) is 10.8.